The highest BCUT2D eigenvalue weighted by molar-refractivity contribution is 5.98. The number of nitrogens with one attached hydrogen (secondary N) is 3. The average molecular weight is 302 g/mol. The molecule has 2 heterocycles. The Labute approximate surface area is 130 Å². The summed E-state index contributed by atoms with van der Waals surface area (Å²) in [5.41, 5.74) is 2.27. The third-order valence-corrected chi connectivity index (χ3v) is 3.60. The van der Waals surface area contributed by atoms with Crippen molar-refractivity contribution in [2.45, 2.75) is 39.2 Å². The van der Waals surface area contributed by atoms with Crippen LogP contribution in [0, 0.1) is 0 Å². The quantitative estimate of drug-likeness (QED) is 0.696. The molecule has 0 aliphatic carbocycles. The fraction of sp³-hybridized carbons (Fsp3) is 0.438. The number of carbonyl (C=O) groups excluding carboxylic acids is 2. The van der Waals surface area contributed by atoms with Gasteiger partial charge in [0.15, 0.2) is 0 Å². The molecule has 118 valence electrons. The number of rotatable bonds is 6. The zero-order valence-electron chi connectivity index (χ0n) is 13.0. The SMILES string of the molecule is CC1=C(C(=O)NCCCCc2ccccn2)[C@@H](C)NC(=O)N1. The van der Waals surface area contributed by atoms with Crippen molar-refractivity contribution in [1.82, 2.24) is 20.9 Å². The molecule has 1 aromatic heterocycles. The van der Waals surface area contributed by atoms with Crippen LogP contribution >= 0.6 is 0 Å². The second-order valence-corrected chi connectivity index (χ2v) is 5.39. The summed E-state index contributed by atoms with van der Waals surface area (Å²) in [4.78, 5) is 27.7. The molecule has 2 rings (SSSR count). The van der Waals surface area contributed by atoms with Crippen LogP contribution in [0.4, 0.5) is 4.79 Å². The van der Waals surface area contributed by atoms with E-state index >= 15 is 0 Å². The number of hydrogen-bond donors (Lipinski definition) is 3. The summed E-state index contributed by atoms with van der Waals surface area (Å²) >= 11 is 0. The Kier molecular flexibility index (Phi) is 5.52. The molecule has 3 amide bonds. The van der Waals surface area contributed by atoms with Crippen LogP contribution in [-0.2, 0) is 11.2 Å². The summed E-state index contributed by atoms with van der Waals surface area (Å²) in [7, 11) is 0. The Morgan fingerprint density at radius 1 is 1.36 bits per heavy atom. The van der Waals surface area contributed by atoms with Gasteiger partial charge in [0.25, 0.3) is 5.91 Å². The minimum absolute atomic E-state index is 0.129. The van der Waals surface area contributed by atoms with Crippen molar-refractivity contribution in [3.8, 4) is 0 Å². The van der Waals surface area contributed by atoms with E-state index in [0.29, 0.717) is 17.8 Å². The van der Waals surface area contributed by atoms with Crippen molar-refractivity contribution in [3.05, 3.63) is 41.4 Å². The van der Waals surface area contributed by atoms with Gasteiger partial charge in [-0.05, 0) is 45.2 Å². The van der Waals surface area contributed by atoms with Crippen molar-refractivity contribution in [1.29, 1.82) is 0 Å². The van der Waals surface area contributed by atoms with Crippen LogP contribution in [0.2, 0.25) is 0 Å². The Morgan fingerprint density at radius 2 is 2.18 bits per heavy atom. The van der Waals surface area contributed by atoms with Gasteiger partial charge >= 0.3 is 6.03 Å². The number of carbonyl (C=O) groups is 2. The van der Waals surface area contributed by atoms with Crippen molar-refractivity contribution in [3.63, 3.8) is 0 Å². The highest BCUT2D eigenvalue weighted by Crippen LogP contribution is 2.11. The normalized spacial score (nSPS) is 17.7. The van der Waals surface area contributed by atoms with E-state index in [1.54, 1.807) is 20.0 Å². The lowest BCUT2D eigenvalue weighted by Crippen LogP contribution is -2.50. The standard InChI is InChI=1S/C16H22N4O2/c1-11-14(12(2)20-16(22)19-11)15(21)18-10-6-4-8-13-7-3-5-9-17-13/h3,5,7,9,11H,4,6,8,10H2,1-2H3,(H,18,21)(H2,19,20,22)/t11-/m1/s1. The Hall–Kier alpha value is -2.37. The minimum atomic E-state index is -0.276. The van der Waals surface area contributed by atoms with E-state index in [-0.39, 0.29) is 18.0 Å². The Morgan fingerprint density at radius 3 is 2.86 bits per heavy atom. The molecule has 6 nitrogen and oxygen atoms in total. The fourth-order valence-corrected chi connectivity index (χ4v) is 2.51. The Balaban J connectivity index is 1.74. The van der Waals surface area contributed by atoms with Crippen molar-refractivity contribution < 1.29 is 9.59 Å². The monoisotopic (exact) mass is 302 g/mol. The summed E-state index contributed by atoms with van der Waals surface area (Å²) in [6.07, 6.45) is 4.56. The first-order valence-electron chi connectivity index (χ1n) is 7.54. The molecule has 0 bridgehead atoms. The third kappa shape index (κ3) is 4.31. The van der Waals surface area contributed by atoms with Crippen LogP contribution in [0.1, 0.15) is 32.4 Å². The Bertz CT molecular complexity index is 569. The molecule has 0 saturated heterocycles. The van der Waals surface area contributed by atoms with E-state index in [4.69, 9.17) is 0 Å². The number of nitrogens with zero attached hydrogens (tertiary/aromatic N) is 1. The summed E-state index contributed by atoms with van der Waals surface area (Å²) in [5, 5.41) is 8.22. The zero-order chi connectivity index (χ0) is 15.9. The zero-order valence-corrected chi connectivity index (χ0v) is 13.0. The number of urea groups is 1. The van der Waals surface area contributed by atoms with Gasteiger partial charge in [-0.3, -0.25) is 9.78 Å². The largest absolute Gasteiger partial charge is 0.352 e. The van der Waals surface area contributed by atoms with Gasteiger partial charge in [0, 0.05) is 24.1 Å². The molecule has 3 N–H and O–H groups in total. The highest BCUT2D eigenvalue weighted by atomic mass is 16.2. The molecular formula is C16H22N4O2. The van der Waals surface area contributed by atoms with E-state index in [2.05, 4.69) is 20.9 Å². The molecule has 0 aromatic carbocycles. The highest BCUT2D eigenvalue weighted by Gasteiger charge is 2.26. The van der Waals surface area contributed by atoms with E-state index in [9.17, 15) is 9.59 Å². The van der Waals surface area contributed by atoms with Crippen LogP contribution < -0.4 is 16.0 Å². The van der Waals surface area contributed by atoms with Gasteiger partial charge in [-0.25, -0.2) is 4.79 Å². The summed E-state index contributed by atoms with van der Waals surface area (Å²) in [6, 6.07) is 5.34. The first kappa shape index (κ1) is 16.0. The summed E-state index contributed by atoms with van der Waals surface area (Å²) < 4.78 is 0. The number of hydrogen-bond acceptors (Lipinski definition) is 3. The molecule has 0 radical (unpaired) electrons. The van der Waals surface area contributed by atoms with Crippen molar-refractivity contribution >= 4 is 11.9 Å². The summed E-state index contributed by atoms with van der Waals surface area (Å²) in [6.45, 7) is 4.16. The molecule has 6 heteroatoms. The van der Waals surface area contributed by atoms with E-state index in [1.807, 2.05) is 18.2 Å². The number of pyridine rings is 1. The van der Waals surface area contributed by atoms with Gasteiger partial charge in [-0.15, -0.1) is 0 Å². The lowest BCUT2D eigenvalue weighted by molar-refractivity contribution is -0.117. The number of aromatic nitrogens is 1. The average Bonchev–Trinajstić information content (AvgIpc) is 2.47. The van der Waals surface area contributed by atoms with Gasteiger partial charge in [0.2, 0.25) is 0 Å². The molecule has 0 spiro atoms. The van der Waals surface area contributed by atoms with Gasteiger partial charge in [0.05, 0.1) is 11.6 Å². The van der Waals surface area contributed by atoms with Crippen molar-refractivity contribution in [2.75, 3.05) is 6.54 Å². The first-order valence-corrected chi connectivity index (χ1v) is 7.54. The molecule has 1 aromatic rings. The van der Waals surface area contributed by atoms with Crippen LogP contribution in [0.5, 0.6) is 0 Å². The van der Waals surface area contributed by atoms with Crippen molar-refractivity contribution in [2.24, 2.45) is 0 Å². The molecule has 0 saturated carbocycles. The van der Waals surface area contributed by atoms with Gasteiger partial charge in [-0.2, -0.15) is 0 Å². The van der Waals surface area contributed by atoms with Crippen LogP contribution in [0.15, 0.2) is 35.7 Å². The molecule has 1 atom stereocenters. The molecule has 0 fully saturated rings. The maximum Gasteiger partial charge on any atom is 0.319 e. The maximum atomic E-state index is 12.2. The number of aryl methyl sites for hydroxylation is 1. The van der Waals surface area contributed by atoms with Gasteiger partial charge < -0.3 is 16.0 Å². The third-order valence-electron chi connectivity index (χ3n) is 3.60. The molecule has 22 heavy (non-hydrogen) atoms. The number of unbranched alkanes of at least 4 members (excludes halogenated alkanes) is 1. The smallest absolute Gasteiger partial charge is 0.319 e. The minimum Gasteiger partial charge on any atom is -0.352 e. The van der Waals surface area contributed by atoms with Crippen LogP contribution in [0.3, 0.4) is 0 Å². The van der Waals surface area contributed by atoms with Crippen LogP contribution in [0.25, 0.3) is 0 Å². The topological polar surface area (TPSA) is 83.1 Å². The number of allylic oxidation sites excluding steroid dienone is 1. The fourth-order valence-electron chi connectivity index (χ4n) is 2.51. The van der Waals surface area contributed by atoms with Gasteiger partial charge in [0.1, 0.15) is 0 Å². The first-order chi connectivity index (χ1) is 10.6. The lowest BCUT2D eigenvalue weighted by Gasteiger charge is -2.25. The second-order valence-electron chi connectivity index (χ2n) is 5.39. The number of amides is 3. The van der Waals surface area contributed by atoms with Crippen LogP contribution in [-0.4, -0.2) is 29.5 Å². The molecule has 1 aliphatic rings. The molecular weight excluding hydrogens is 280 g/mol. The predicted octanol–water partition coefficient (Wildman–Crippen LogP) is 1.50. The maximum absolute atomic E-state index is 12.2. The lowest BCUT2D eigenvalue weighted by atomic mass is 10.0. The van der Waals surface area contributed by atoms with E-state index < -0.39 is 0 Å². The predicted molar refractivity (Wildman–Crippen MR) is 84.0 cm³/mol. The van der Waals surface area contributed by atoms with E-state index in [0.717, 1.165) is 25.0 Å². The molecule has 1 aliphatic heterocycles. The van der Waals surface area contributed by atoms with Gasteiger partial charge in [-0.1, -0.05) is 6.07 Å². The second kappa shape index (κ2) is 7.59. The molecule has 0 unspecified atom stereocenters. The van der Waals surface area contributed by atoms with E-state index in [1.165, 1.54) is 0 Å². The summed E-state index contributed by atoms with van der Waals surface area (Å²) in [5.74, 6) is -0.129.